The molecule has 0 aliphatic rings. The van der Waals surface area contributed by atoms with E-state index in [2.05, 4.69) is 25.9 Å². The molecule has 0 amide bonds. The van der Waals surface area contributed by atoms with Crippen LogP contribution >= 0.6 is 0 Å². The largest absolute Gasteiger partial charge is 0.459 e. The lowest BCUT2D eigenvalue weighted by Gasteiger charge is -2.14. The Labute approximate surface area is 119 Å². The first-order valence-corrected chi connectivity index (χ1v) is 6.67. The quantitative estimate of drug-likeness (QED) is 0.804. The number of nitrogens with zero attached hydrogens (tertiary/aromatic N) is 2. The van der Waals surface area contributed by atoms with Crippen molar-refractivity contribution in [3.05, 3.63) is 53.9 Å². The molecule has 0 fully saturated rings. The normalized spacial score (nSPS) is 11.3. The Morgan fingerprint density at radius 1 is 1.25 bits per heavy atom. The summed E-state index contributed by atoms with van der Waals surface area (Å²) in [5.41, 5.74) is 2.12. The molecule has 0 aliphatic carbocycles. The van der Waals surface area contributed by atoms with E-state index in [0.717, 1.165) is 11.1 Å². The number of esters is 1. The van der Waals surface area contributed by atoms with Crippen molar-refractivity contribution in [3.8, 4) is 0 Å². The second-order valence-corrected chi connectivity index (χ2v) is 5.82. The van der Waals surface area contributed by atoms with Gasteiger partial charge in [0.2, 0.25) is 0 Å². The Balaban J connectivity index is 1.87. The third-order valence-corrected chi connectivity index (χ3v) is 3.03. The average Bonchev–Trinajstić information content (AvgIpc) is 2.86. The van der Waals surface area contributed by atoms with Crippen molar-refractivity contribution in [1.82, 2.24) is 9.78 Å². The summed E-state index contributed by atoms with van der Waals surface area (Å²) in [6, 6.07) is 9.64. The number of benzene rings is 1. The van der Waals surface area contributed by atoms with Crippen LogP contribution in [0.25, 0.3) is 0 Å². The minimum atomic E-state index is -0.280. The van der Waals surface area contributed by atoms with Crippen molar-refractivity contribution in [2.75, 3.05) is 0 Å². The molecule has 106 valence electrons. The van der Waals surface area contributed by atoms with Gasteiger partial charge < -0.3 is 4.74 Å². The van der Waals surface area contributed by atoms with Gasteiger partial charge in [-0.15, -0.1) is 0 Å². The van der Waals surface area contributed by atoms with Gasteiger partial charge in [-0.1, -0.05) is 51.1 Å². The van der Waals surface area contributed by atoms with Crippen LogP contribution in [-0.4, -0.2) is 15.7 Å². The van der Waals surface area contributed by atoms with Gasteiger partial charge in [0.25, 0.3) is 0 Å². The Hall–Kier alpha value is -2.10. The standard InChI is InChI=1S/C16H20N2O2/c1-16(2,3)14-9-17-18(10-14)11-15(19)20-12-13-7-5-4-6-8-13/h4-10H,11-12H2,1-3H3. The van der Waals surface area contributed by atoms with E-state index in [1.807, 2.05) is 36.5 Å². The number of hydrogen-bond donors (Lipinski definition) is 0. The maximum Gasteiger partial charge on any atom is 0.328 e. The highest BCUT2D eigenvalue weighted by Gasteiger charge is 2.16. The van der Waals surface area contributed by atoms with E-state index in [-0.39, 0.29) is 17.9 Å². The Morgan fingerprint density at radius 2 is 1.95 bits per heavy atom. The van der Waals surface area contributed by atoms with Gasteiger partial charge in [-0.05, 0) is 16.5 Å². The Kier molecular flexibility index (Phi) is 4.23. The zero-order chi connectivity index (χ0) is 14.6. The summed E-state index contributed by atoms with van der Waals surface area (Å²) in [6.07, 6.45) is 3.69. The summed E-state index contributed by atoms with van der Waals surface area (Å²) in [5, 5.41) is 4.19. The van der Waals surface area contributed by atoms with Crippen molar-refractivity contribution >= 4 is 5.97 Å². The predicted molar refractivity (Wildman–Crippen MR) is 77.2 cm³/mol. The molecule has 0 radical (unpaired) electrons. The minimum absolute atomic E-state index is 0.0339. The number of aromatic nitrogens is 2. The fourth-order valence-corrected chi connectivity index (χ4v) is 1.75. The summed E-state index contributed by atoms with van der Waals surface area (Å²) < 4.78 is 6.85. The Morgan fingerprint density at radius 3 is 2.55 bits per heavy atom. The molecule has 0 saturated carbocycles. The highest BCUT2D eigenvalue weighted by atomic mass is 16.5. The van der Waals surface area contributed by atoms with E-state index in [4.69, 9.17) is 4.74 Å². The fourth-order valence-electron chi connectivity index (χ4n) is 1.75. The second kappa shape index (κ2) is 5.90. The molecule has 0 unspecified atom stereocenters. The highest BCUT2D eigenvalue weighted by Crippen LogP contribution is 2.20. The lowest BCUT2D eigenvalue weighted by atomic mass is 9.90. The van der Waals surface area contributed by atoms with Gasteiger partial charge in [0.05, 0.1) is 6.20 Å². The number of ether oxygens (including phenoxy) is 1. The van der Waals surface area contributed by atoms with E-state index < -0.39 is 0 Å². The monoisotopic (exact) mass is 272 g/mol. The lowest BCUT2D eigenvalue weighted by Crippen LogP contribution is -2.14. The third-order valence-electron chi connectivity index (χ3n) is 3.03. The molecule has 0 bridgehead atoms. The molecule has 20 heavy (non-hydrogen) atoms. The Bertz CT molecular complexity index is 568. The minimum Gasteiger partial charge on any atom is -0.459 e. The van der Waals surface area contributed by atoms with Gasteiger partial charge in [-0.25, -0.2) is 0 Å². The number of hydrogen-bond acceptors (Lipinski definition) is 3. The zero-order valence-corrected chi connectivity index (χ0v) is 12.2. The van der Waals surface area contributed by atoms with E-state index in [9.17, 15) is 4.79 Å². The average molecular weight is 272 g/mol. The first-order valence-electron chi connectivity index (χ1n) is 6.67. The fraction of sp³-hybridized carbons (Fsp3) is 0.375. The van der Waals surface area contributed by atoms with Crippen molar-refractivity contribution in [2.45, 2.75) is 39.3 Å². The zero-order valence-electron chi connectivity index (χ0n) is 12.2. The summed E-state index contributed by atoms with van der Waals surface area (Å²) in [5.74, 6) is -0.280. The molecule has 1 heterocycles. The van der Waals surface area contributed by atoms with E-state index >= 15 is 0 Å². The maximum absolute atomic E-state index is 11.8. The van der Waals surface area contributed by atoms with Crippen LogP contribution < -0.4 is 0 Å². The first kappa shape index (κ1) is 14.3. The molecule has 0 atom stereocenters. The number of rotatable bonds is 4. The van der Waals surface area contributed by atoms with Crippen molar-refractivity contribution < 1.29 is 9.53 Å². The predicted octanol–water partition coefficient (Wildman–Crippen LogP) is 2.92. The van der Waals surface area contributed by atoms with Gasteiger partial charge in [0.1, 0.15) is 13.2 Å². The van der Waals surface area contributed by atoms with Gasteiger partial charge in [0, 0.05) is 6.20 Å². The van der Waals surface area contributed by atoms with Crippen LogP contribution in [0.1, 0.15) is 31.9 Å². The smallest absolute Gasteiger partial charge is 0.328 e. The maximum atomic E-state index is 11.8. The van der Waals surface area contributed by atoms with Crippen molar-refractivity contribution in [3.63, 3.8) is 0 Å². The third kappa shape index (κ3) is 3.95. The van der Waals surface area contributed by atoms with Crippen LogP contribution in [0.4, 0.5) is 0 Å². The van der Waals surface area contributed by atoms with E-state index in [0.29, 0.717) is 6.61 Å². The van der Waals surface area contributed by atoms with E-state index in [1.54, 1.807) is 10.9 Å². The molecular formula is C16H20N2O2. The molecular weight excluding hydrogens is 252 g/mol. The molecule has 0 saturated heterocycles. The highest BCUT2D eigenvalue weighted by molar-refractivity contribution is 5.69. The molecule has 4 heteroatoms. The molecule has 0 N–H and O–H groups in total. The summed E-state index contributed by atoms with van der Waals surface area (Å²) in [4.78, 5) is 11.8. The van der Waals surface area contributed by atoms with Gasteiger partial charge in [-0.3, -0.25) is 9.48 Å². The second-order valence-electron chi connectivity index (χ2n) is 5.82. The van der Waals surface area contributed by atoms with E-state index in [1.165, 1.54) is 0 Å². The molecule has 2 aromatic rings. The molecule has 2 rings (SSSR count). The SMILES string of the molecule is CC(C)(C)c1cnn(CC(=O)OCc2ccccc2)c1. The number of carbonyl (C=O) groups excluding carboxylic acids is 1. The van der Waals surface area contributed by atoms with Crippen LogP contribution in [-0.2, 0) is 28.1 Å². The summed E-state index contributed by atoms with van der Waals surface area (Å²) in [7, 11) is 0. The van der Waals surface area contributed by atoms with Crippen LogP contribution in [0.15, 0.2) is 42.7 Å². The van der Waals surface area contributed by atoms with Gasteiger partial charge in [-0.2, -0.15) is 5.10 Å². The summed E-state index contributed by atoms with van der Waals surface area (Å²) >= 11 is 0. The summed E-state index contributed by atoms with van der Waals surface area (Å²) in [6.45, 7) is 6.78. The van der Waals surface area contributed by atoms with Gasteiger partial charge >= 0.3 is 5.97 Å². The van der Waals surface area contributed by atoms with Crippen LogP contribution in [0.5, 0.6) is 0 Å². The molecule has 4 nitrogen and oxygen atoms in total. The van der Waals surface area contributed by atoms with Gasteiger partial charge in [0.15, 0.2) is 0 Å². The number of carbonyl (C=O) groups is 1. The topological polar surface area (TPSA) is 44.1 Å². The van der Waals surface area contributed by atoms with Crippen LogP contribution in [0.2, 0.25) is 0 Å². The first-order chi connectivity index (χ1) is 9.45. The molecule has 0 spiro atoms. The molecule has 1 aromatic heterocycles. The van der Waals surface area contributed by atoms with Crippen LogP contribution in [0.3, 0.4) is 0 Å². The van der Waals surface area contributed by atoms with Crippen molar-refractivity contribution in [2.24, 2.45) is 0 Å². The molecule has 0 aliphatic heterocycles. The van der Waals surface area contributed by atoms with Crippen LogP contribution in [0, 0.1) is 0 Å². The van der Waals surface area contributed by atoms with Crippen molar-refractivity contribution in [1.29, 1.82) is 0 Å². The molecule has 1 aromatic carbocycles. The lowest BCUT2D eigenvalue weighted by molar-refractivity contribution is -0.145.